The van der Waals surface area contributed by atoms with Crippen molar-refractivity contribution in [3.05, 3.63) is 59.9 Å². The van der Waals surface area contributed by atoms with Gasteiger partial charge in [-0.1, -0.05) is 12.1 Å². The van der Waals surface area contributed by atoms with Crippen LogP contribution in [0.4, 0.5) is 10.5 Å². The molecule has 1 aliphatic rings. The Morgan fingerprint density at radius 1 is 1.27 bits per heavy atom. The SMILES string of the molecule is C#CCC(OC(=O)c1cccc(NC(=O)NC2CC2)c1)c1ccccn1. The van der Waals surface area contributed by atoms with Crippen molar-refractivity contribution in [2.45, 2.75) is 31.4 Å². The maximum atomic E-state index is 12.5. The van der Waals surface area contributed by atoms with Gasteiger partial charge in [0.2, 0.25) is 0 Å². The van der Waals surface area contributed by atoms with E-state index in [1.54, 1.807) is 42.6 Å². The van der Waals surface area contributed by atoms with E-state index in [0.717, 1.165) is 12.8 Å². The molecule has 0 radical (unpaired) electrons. The number of nitrogens with one attached hydrogen (secondary N) is 2. The van der Waals surface area contributed by atoms with Gasteiger partial charge in [-0.3, -0.25) is 4.98 Å². The highest BCUT2D eigenvalue weighted by Gasteiger charge is 2.23. The molecule has 1 heterocycles. The summed E-state index contributed by atoms with van der Waals surface area (Å²) in [5.74, 6) is 1.98. The van der Waals surface area contributed by atoms with Crippen LogP contribution in [-0.2, 0) is 4.74 Å². The summed E-state index contributed by atoms with van der Waals surface area (Å²) < 4.78 is 5.53. The lowest BCUT2D eigenvalue weighted by atomic mass is 10.1. The minimum atomic E-state index is -0.622. The molecule has 132 valence electrons. The molecule has 0 spiro atoms. The normalized spacial score (nSPS) is 14.0. The molecule has 2 aromatic rings. The van der Waals surface area contributed by atoms with E-state index in [-0.39, 0.29) is 18.5 Å². The number of pyridine rings is 1. The van der Waals surface area contributed by atoms with Crippen molar-refractivity contribution in [3.8, 4) is 12.3 Å². The van der Waals surface area contributed by atoms with Crippen LogP contribution in [0.25, 0.3) is 0 Å². The third kappa shape index (κ3) is 4.84. The number of terminal acetylenes is 1. The van der Waals surface area contributed by atoms with Crippen LogP contribution in [0.2, 0.25) is 0 Å². The summed E-state index contributed by atoms with van der Waals surface area (Å²) in [6.45, 7) is 0. The maximum Gasteiger partial charge on any atom is 0.338 e. The third-order valence-corrected chi connectivity index (χ3v) is 3.84. The van der Waals surface area contributed by atoms with Gasteiger partial charge in [0.05, 0.1) is 17.7 Å². The van der Waals surface area contributed by atoms with Crippen molar-refractivity contribution >= 4 is 17.7 Å². The van der Waals surface area contributed by atoms with E-state index in [0.29, 0.717) is 16.9 Å². The minimum absolute atomic E-state index is 0.227. The standard InChI is InChI=1S/C20H19N3O3/c1-2-6-18(17-9-3-4-12-21-17)26-19(24)14-7-5-8-16(13-14)23-20(25)22-15-10-11-15/h1,3-5,7-9,12-13,15,18H,6,10-11H2,(H2,22,23,25). The van der Waals surface area contributed by atoms with Gasteiger partial charge < -0.3 is 15.4 Å². The highest BCUT2D eigenvalue weighted by atomic mass is 16.5. The molecule has 1 aliphatic carbocycles. The predicted octanol–water partition coefficient (Wildman–Crippen LogP) is 3.29. The predicted molar refractivity (Wildman–Crippen MR) is 97.5 cm³/mol. The molecular formula is C20H19N3O3. The molecule has 6 nitrogen and oxygen atoms in total. The molecule has 3 rings (SSSR count). The molecule has 2 amide bonds. The number of esters is 1. The van der Waals surface area contributed by atoms with Gasteiger partial charge in [0.15, 0.2) is 6.10 Å². The maximum absolute atomic E-state index is 12.5. The van der Waals surface area contributed by atoms with E-state index in [2.05, 4.69) is 21.5 Å². The number of amides is 2. The quantitative estimate of drug-likeness (QED) is 0.619. The average molecular weight is 349 g/mol. The number of nitrogens with zero attached hydrogens (tertiary/aromatic N) is 1. The van der Waals surface area contributed by atoms with Crippen LogP contribution in [0.5, 0.6) is 0 Å². The molecule has 26 heavy (non-hydrogen) atoms. The van der Waals surface area contributed by atoms with E-state index in [1.807, 2.05) is 6.07 Å². The second-order valence-corrected chi connectivity index (χ2v) is 6.01. The van der Waals surface area contributed by atoms with Gasteiger partial charge in [0, 0.05) is 17.9 Å². The molecule has 1 fully saturated rings. The van der Waals surface area contributed by atoms with Crippen LogP contribution in [-0.4, -0.2) is 23.0 Å². The van der Waals surface area contributed by atoms with E-state index < -0.39 is 12.1 Å². The first kappa shape index (κ1) is 17.5. The Hall–Kier alpha value is -3.33. The molecule has 6 heteroatoms. The van der Waals surface area contributed by atoms with Crippen LogP contribution in [0.1, 0.15) is 41.4 Å². The molecule has 1 unspecified atom stereocenters. The van der Waals surface area contributed by atoms with Gasteiger partial charge in [-0.2, -0.15) is 0 Å². The van der Waals surface area contributed by atoms with E-state index in [4.69, 9.17) is 11.2 Å². The molecule has 1 aromatic carbocycles. The van der Waals surface area contributed by atoms with E-state index in [9.17, 15) is 9.59 Å². The molecule has 0 saturated heterocycles. The zero-order valence-electron chi connectivity index (χ0n) is 14.1. The summed E-state index contributed by atoms with van der Waals surface area (Å²) in [5.41, 5.74) is 1.44. The van der Waals surface area contributed by atoms with Crippen LogP contribution in [0.3, 0.4) is 0 Å². The van der Waals surface area contributed by atoms with Crippen molar-refractivity contribution in [2.75, 3.05) is 5.32 Å². The van der Waals surface area contributed by atoms with Crippen LogP contribution in [0.15, 0.2) is 48.7 Å². The summed E-state index contributed by atoms with van der Waals surface area (Å²) >= 11 is 0. The second-order valence-electron chi connectivity index (χ2n) is 6.01. The van der Waals surface area contributed by atoms with Crippen molar-refractivity contribution in [2.24, 2.45) is 0 Å². The first-order valence-electron chi connectivity index (χ1n) is 8.38. The average Bonchev–Trinajstić information content (AvgIpc) is 3.46. The molecule has 0 bridgehead atoms. The smallest absolute Gasteiger partial charge is 0.338 e. The fourth-order valence-electron chi connectivity index (χ4n) is 2.38. The number of carbonyl (C=O) groups is 2. The topological polar surface area (TPSA) is 80.3 Å². The molecule has 2 N–H and O–H groups in total. The Bertz CT molecular complexity index is 826. The summed E-state index contributed by atoms with van der Waals surface area (Å²) in [6, 6.07) is 11.9. The van der Waals surface area contributed by atoms with E-state index in [1.165, 1.54) is 0 Å². The zero-order chi connectivity index (χ0) is 18.4. The molecule has 1 atom stereocenters. The van der Waals surface area contributed by atoms with Gasteiger partial charge >= 0.3 is 12.0 Å². The van der Waals surface area contributed by atoms with Gasteiger partial charge in [-0.15, -0.1) is 12.3 Å². The minimum Gasteiger partial charge on any atom is -0.451 e. The highest BCUT2D eigenvalue weighted by Crippen LogP contribution is 2.22. The highest BCUT2D eigenvalue weighted by molar-refractivity contribution is 5.94. The zero-order valence-corrected chi connectivity index (χ0v) is 14.1. The Morgan fingerprint density at radius 2 is 2.12 bits per heavy atom. The van der Waals surface area contributed by atoms with Crippen molar-refractivity contribution in [1.82, 2.24) is 10.3 Å². The summed E-state index contributed by atoms with van der Waals surface area (Å²) in [6.07, 6.45) is 8.61. The molecular weight excluding hydrogens is 330 g/mol. The van der Waals surface area contributed by atoms with Crippen molar-refractivity contribution in [1.29, 1.82) is 0 Å². The van der Waals surface area contributed by atoms with Crippen molar-refractivity contribution in [3.63, 3.8) is 0 Å². The first-order chi connectivity index (χ1) is 12.7. The lowest BCUT2D eigenvalue weighted by Crippen LogP contribution is -2.30. The van der Waals surface area contributed by atoms with Gasteiger partial charge in [0.1, 0.15) is 0 Å². The Labute approximate surface area is 152 Å². The monoisotopic (exact) mass is 349 g/mol. The molecule has 0 aliphatic heterocycles. The van der Waals surface area contributed by atoms with Crippen molar-refractivity contribution < 1.29 is 14.3 Å². The van der Waals surface area contributed by atoms with Crippen LogP contribution >= 0.6 is 0 Å². The number of rotatable bonds is 6. The second kappa shape index (κ2) is 8.17. The first-order valence-corrected chi connectivity index (χ1v) is 8.38. The lowest BCUT2D eigenvalue weighted by Gasteiger charge is -2.15. The van der Waals surface area contributed by atoms with Crippen LogP contribution < -0.4 is 10.6 Å². The molecule has 1 aromatic heterocycles. The molecule has 1 saturated carbocycles. The number of aromatic nitrogens is 1. The van der Waals surface area contributed by atoms with Gasteiger partial charge in [-0.25, -0.2) is 9.59 Å². The Balaban J connectivity index is 1.67. The Kier molecular flexibility index (Phi) is 5.49. The number of benzene rings is 1. The van der Waals surface area contributed by atoms with Crippen LogP contribution in [0, 0.1) is 12.3 Å². The Morgan fingerprint density at radius 3 is 2.81 bits per heavy atom. The number of urea groups is 1. The summed E-state index contributed by atoms with van der Waals surface area (Å²) in [7, 11) is 0. The largest absolute Gasteiger partial charge is 0.451 e. The number of anilines is 1. The van der Waals surface area contributed by atoms with E-state index >= 15 is 0 Å². The number of hydrogen-bond donors (Lipinski definition) is 2. The number of hydrogen-bond acceptors (Lipinski definition) is 4. The fourth-order valence-corrected chi connectivity index (χ4v) is 2.38. The summed E-state index contributed by atoms with van der Waals surface area (Å²) in [4.78, 5) is 28.5. The number of carbonyl (C=O) groups excluding carboxylic acids is 2. The van der Waals surface area contributed by atoms with Gasteiger partial charge in [0.25, 0.3) is 0 Å². The number of ether oxygens (including phenoxy) is 1. The van der Waals surface area contributed by atoms with Gasteiger partial charge in [-0.05, 0) is 43.2 Å². The summed E-state index contributed by atoms with van der Waals surface area (Å²) in [5, 5.41) is 5.54. The lowest BCUT2D eigenvalue weighted by molar-refractivity contribution is 0.0299. The fraction of sp³-hybridized carbons (Fsp3) is 0.250. The third-order valence-electron chi connectivity index (χ3n) is 3.84.